The molecule has 0 saturated heterocycles. The maximum atomic E-state index is 6.82. The molecule has 1 aromatic heterocycles. The normalized spacial score (nSPS) is 13.9. The van der Waals surface area contributed by atoms with Gasteiger partial charge in [0.05, 0.1) is 31.5 Å². The zero-order valence-electron chi connectivity index (χ0n) is 23.9. The van der Waals surface area contributed by atoms with E-state index in [1.165, 1.54) is 0 Å². The van der Waals surface area contributed by atoms with Crippen LogP contribution in [0.1, 0.15) is 33.3 Å². The van der Waals surface area contributed by atoms with Gasteiger partial charge < -0.3 is 18.9 Å². The Bertz CT molecular complexity index is 1610. The number of aliphatic imine (C=N–C) groups is 2. The Balaban J connectivity index is 1.83. The molecule has 5 rings (SSSR count). The molecule has 8 nitrogen and oxygen atoms in total. The van der Waals surface area contributed by atoms with E-state index in [-0.39, 0.29) is 11.8 Å². The van der Waals surface area contributed by atoms with Crippen LogP contribution < -0.4 is 9.47 Å². The lowest BCUT2D eigenvalue weighted by atomic mass is 9.97. The fourth-order valence-electron chi connectivity index (χ4n) is 4.89. The number of halogens is 2. The van der Waals surface area contributed by atoms with Crippen molar-refractivity contribution in [1.29, 1.82) is 0 Å². The molecular formula is C32H32Cl2N4O4. The van der Waals surface area contributed by atoms with Gasteiger partial charge in [-0.15, -0.1) is 0 Å². The number of ether oxygens (including phenoxy) is 4. The van der Waals surface area contributed by atoms with Crippen molar-refractivity contribution in [1.82, 2.24) is 9.55 Å². The van der Waals surface area contributed by atoms with Gasteiger partial charge in [-0.1, -0.05) is 59.6 Å². The third-order valence-corrected chi connectivity index (χ3v) is 7.22. The Hall–Kier alpha value is -4.01. The minimum absolute atomic E-state index is 0.284. The molecule has 0 radical (unpaired) electrons. The van der Waals surface area contributed by atoms with E-state index in [0.717, 1.165) is 16.7 Å². The van der Waals surface area contributed by atoms with Crippen molar-refractivity contribution in [3.05, 3.63) is 88.7 Å². The van der Waals surface area contributed by atoms with Crippen LogP contribution in [0.2, 0.25) is 10.0 Å². The van der Waals surface area contributed by atoms with E-state index < -0.39 is 5.79 Å². The lowest BCUT2D eigenvalue weighted by Crippen LogP contribution is -2.30. The molecule has 0 aliphatic carbocycles. The second-order valence-corrected chi connectivity index (χ2v) is 9.94. The van der Waals surface area contributed by atoms with Crippen LogP contribution in [0.5, 0.6) is 11.5 Å². The molecular weight excluding hydrogens is 575 g/mol. The maximum Gasteiger partial charge on any atom is 0.277 e. The topological polar surface area (TPSA) is 79.5 Å². The Morgan fingerprint density at radius 3 is 1.79 bits per heavy atom. The van der Waals surface area contributed by atoms with Crippen molar-refractivity contribution < 1.29 is 18.9 Å². The molecule has 3 aromatic carbocycles. The quantitative estimate of drug-likeness (QED) is 0.183. The van der Waals surface area contributed by atoms with Crippen LogP contribution in [-0.2, 0) is 15.3 Å². The number of hydrogen-bond acceptors (Lipinski definition) is 7. The first kappa shape index (κ1) is 29.5. The molecule has 1 aliphatic heterocycles. The third-order valence-electron chi connectivity index (χ3n) is 6.56. The van der Waals surface area contributed by atoms with Gasteiger partial charge in [-0.2, -0.15) is 9.98 Å². The number of imidazole rings is 1. The van der Waals surface area contributed by atoms with Crippen LogP contribution in [0.3, 0.4) is 0 Å². The number of benzene rings is 3. The predicted molar refractivity (Wildman–Crippen MR) is 167 cm³/mol. The zero-order chi connectivity index (χ0) is 29.7. The molecule has 0 saturated carbocycles. The van der Waals surface area contributed by atoms with Crippen LogP contribution in [0, 0.1) is 0 Å². The molecule has 0 atom stereocenters. The van der Waals surface area contributed by atoms with Gasteiger partial charge >= 0.3 is 0 Å². The summed E-state index contributed by atoms with van der Waals surface area (Å²) in [6.07, 6.45) is 3.52. The van der Waals surface area contributed by atoms with E-state index in [1.54, 1.807) is 12.3 Å². The van der Waals surface area contributed by atoms with E-state index in [0.29, 0.717) is 59.4 Å². The number of nitrogens with zero attached hydrogens (tertiary/aromatic N) is 4. The zero-order valence-corrected chi connectivity index (χ0v) is 25.4. The second-order valence-electron chi connectivity index (χ2n) is 9.13. The van der Waals surface area contributed by atoms with Crippen molar-refractivity contribution in [2.75, 3.05) is 26.4 Å². The SMILES string of the molecule is CCOC1=NC(c2ccccc2Cl)(n2ccnc2-c2cc(OCC)c(OCC)cc2-c2ccccc2Cl)N=C1OCC. The van der Waals surface area contributed by atoms with Gasteiger partial charge in [0, 0.05) is 34.1 Å². The smallest absolute Gasteiger partial charge is 0.277 e. The standard InChI is InChI=1S/C32H32Cl2N4O4/c1-5-39-27-19-22(21-13-9-11-15-25(21)33)23(20-28(27)40-6-2)29-35-17-18-38(29)32(24-14-10-12-16-26(24)34)36-30(41-7-3)31(37-32)42-8-4/h9-20H,5-8H2,1-4H3. The van der Waals surface area contributed by atoms with Crippen molar-refractivity contribution >= 4 is 35.0 Å². The summed E-state index contributed by atoms with van der Waals surface area (Å²) in [6.45, 7) is 9.31. The fourth-order valence-corrected chi connectivity index (χ4v) is 5.39. The maximum absolute atomic E-state index is 6.82. The molecule has 0 amide bonds. The van der Waals surface area contributed by atoms with Crippen molar-refractivity contribution in [2.45, 2.75) is 33.5 Å². The molecule has 0 fully saturated rings. The molecule has 2 heterocycles. The summed E-state index contributed by atoms with van der Waals surface area (Å²) in [4.78, 5) is 14.9. The molecule has 0 spiro atoms. The Kier molecular flexibility index (Phi) is 9.04. The molecule has 10 heteroatoms. The predicted octanol–water partition coefficient (Wildman–Crippen LogP) is 7.86. The molecule has 1 aliphatic rings. The van der Waals surface area contributed by atoms with E-state index in [4.69, 9.17) is 57.1 Å². The highest BCUT2D eigenvalue weighted by Gasteiger charge is 2.45. The molecule has 42 heavy (non-hydrogen) atoms. The summed E-state index contributed by atoms with van der Waals surface area (Å²) in [5.74, 6) is 0.899. The van der Waals surface area contributed by atoms with Crippen LogP contribution in [-0.4, -0.2) is 47.8 Å². The molecule has 0 unspecified atom stereocenters. The summed E-state index contributed by atoms with van der Waals surface area (Å²) in [7, 11) is 0. The molecule has 0 bridgehead atoms. The Morgan fingerprint density at radius 1 is 0.667 bits per heavy atom. The van der Waals surface area contributed by atoms with Gasteiger partial charge in [0.25, 0.3) is 17.6 Å². The summed E-state index contributed by atoms with van der Waals surface area (Å²) in [5.41, 5.74) is 2.98. The van der Waals surface area contributed by atoms with Crippen LogP contribution in [0.15, 0.2) is 83.0 Å². The number of rotatable bonds is 10. The van der Waals surface area contributed by atoms with Crippen LogP contribution in [0.4, 0.5) is 0 Å². The minimum Gasteiger partial charge on any atom is -0.490 e. The highest BCUT2D eigenvalue weighted by atomic mass is 35.5. The molecule has 218 valence electrons. The van der Waals surface area contributed by atoms with Gasteiger partial charge in [0.2, 0.25) is 0 Å². The number of aromatic nitrogens is 2. The average molecular weight is 608 g/mol. The van der Waals surface area contributed by atoms with Gasteiger partial charge in [0.1, 0.15) is 5.82 Å². The van der Waals surface area contributed by atoms with Crippen LogP contribution >= 0.6 is 23.2 Å². The first-order valence-corrected chi connectivity index (χ1v) is 14.7. The van der Waals surface area contributed by atoms with Crippen molar-refractivity contribution in [2.24, 2.45) is 9.98 Å². The molecule has 4 aromatic rings. The lowest BCUT2D eigenvalue weighted by molar-refractivity contribution is 0.288. The number of hydrogen-bond donors (Lipinski definition) is 0. The van der Waals surface area contributed by atoms with E-state index >= 15 is 0 Å². The Labute approximate surface area is 255 Å². The Morgan fingerprint density at radius 2 is 1.21 bits per heavy atom. The summed E-state index contributed by atoms with van der Waals surface area (Å²) >= 11 is 13.6. The van der Waals surface area contributed by atoms with Gasteiger partial charge in [0.15, 0.2) is 11.5 Å². The first-order chi connectivity index (χ1) is 20.5. The van der Waals surface area contributed by atoms with Crippen LogP contribution in [0.25, 0.3) is 22.5 Å². The summed E-state index contributed by atoms with van der Waals surface area (Å²) in [6, 6.07) is 18.9. The second kappa shape index (κ2) is 12.9. The first-order valence-electron chi connectivity index (χ1n) is 13.9. The third kappa shape index (κ3) is 5.44. The minimum atomic E-state index is -1.40. The van der Waals surface area contributed by atoms with Gasteiger partial charge in [-0.25, -0.2) is 4.98 Å². The summed E-state index contributed by atoms with van der Waals surface area (Å²) in [5, 5.41) is 1.06. The largest absolute Gasteiger partial charge is 0.490 e. The van der Waals surface area contributed by atoms with Gasteiger partial charge in [-0.05, 0) is 57.5 Å². The highest BCUT2D eigenvalue weighted by Crippen LogP contribution is 2.46. The average Bonchev–Trinajstić information content (AvgIpc) is 3.61. The highest BCUT2D eigenvalue weighted by molar-refractivity contribution is 6.37. The van der Waals surface area contributed by atoms with E-state index in [1.807, 2.05) is 93.1 Å². The molecule has 0 N–H and O–H groups in total. The fraction of sp³-hybridized carbons (Fsp3) is 0.281. The monoisotopic (exact) mass is 606 g/mol. The van der Waals surface area contributed by atoms with Gasteiger partial charge in [-0.3, -0.25) is 4.57 Å². The lowest BCUT2D eigenvalue weighted by Gasteiger charge is -2.28. The van der Waals surface area contributed by atoms with E-state index in [2.05, 4.69) is 0 Å². The summed E-state index contributed by atoms with van der Waals surface area (Å²) < 4.78 is 25.7. The van der Waals surface area contributed by atoms with E-state index in [9.17, 15) is 0 Å². The van der Waals surface area contributed by atoms with Crippen molar-refractivity contribution in [3.63, 3.8) is 0 Å². The van der Waals surface area contributed by atoms with Crippen molar-refractivity contribution in [3.8, 4) is 34.0 Å².